The molecule has 0 unspecified atom stereocenters. The van der Waals surface area contributed by atoms with Crippen LogP contribution in [0.3, 0.4) is 0 Å². The smallest absolute Gasteiger partial charge is 0.292 e. The highest BCUT2D eigenvalue weighted by atomic mass is 32.2. The number of anilines is 2. The quantitative estimate of drug-likeness (QED) is 0.383. The van der Waals surface area contributed by atoms with E-state index in [0.29, 0.717) is 5.69 Å². The second-order valence-corrected chi connectivity index (χ2v) is 5.23. The molecule has 0 fully saturated rings. The van der Waals surface area contributed by atoms with Crippen molar-refractivity contribution in [2.75, 3.05) is 16.8 Å². The normalized spacial score (nSPS) is 10.1. The fraction of sp³-hybridized carbons (Fsp3) is 0.0714. The van der Waals surface area contributed by atoms with E-state index in [1.807, 2.05) is 12.1 Å². The zero-order valence-corrected chi connectivity index (χ0v) is 11.8. The maximum Gasteiger partial charge on any atom is 0.292 e. The zero-order chi connectivity index (χ0) is 15.2. The van der Waals surface area contributed by atoms with Gasteiger partial charge in [-0.25, -0.2) is 0 Å². The van der Waals surface area contributed by atoms with Gasteiger partial charge in [-0.3, -0.25) is 14.9 Å². The summed E-state index contributed by atoms with van der Waals surface area (Å²) in [5, 5.41) is 13.4. The number of hydrogen-bond acceptors (Lipinski definition) is 5. The van der Waals surface area contributed by atoms with Crippen molar-refractivity contribution < 1.29 is 9.72 Å². The van der Waals surface area contributed by atoms with E-state index in [0.717, 1.165) is 4.90 Å². The number of nitro benzene ring substituents is 1. The lowest BCUT2D eigenvalue weighted by Crippen LogP contribution is -2.15. The van der Waals surface area contributed by atoms with Crippen LogP contribution in [0.1, 0.15) is 0 Å². The second-order valence-electron chi connectivity index (χ2n) is 4.18. The number of nitro groups is 1. The molecule has 108 valence electrons. The fourth-order valence-electron chi connectivity index (χ4n) is 1.64. The van der Waals surface area contributed by atoms with Gasteiger partial charge >= 0.3 is 0 Å². The summed E-state index contributed by atoms with van der Waals surface area (Å²) >= 11 is 1.33. The Morgan fingerprint density at radius 3 is 2.52 bits per heavy atom. The van der Waals surface area contributed by atoms with Crippen LogP contribution in [0.25, 0.3) is 0 Å². The largest absolute Gasteiger partial charge is 0.399 e. The third kappa shape index (κ3) is 4.22. The van der Waals surface area contributed by atoms with Crippen LogP contribution in [0.15, 0.2) is 53.4 Å². The maximum absolute atomic E-state index is 11.8. The molecule has 0 heterocycles. The standard InChI is InChI=1S/C14H13N3O3S/c15-10-5-7-11(8-6-10)21-9-14(18)16-12-3-1-2-4-13(12)17(19)20/h1-8H,9,15H2,(H,16,18). The average Bonchev–Trinajstić information content (AvgIpc) is 2.47. The number of benzene rings is 2. The molecule has 0 aliphatic rings. The maximum atomic E-state index is 11.8. The molecule has 0 atom stereocenters. The molecule has 0 saturated carbocycles. The van der Waals surface area contributed by atoms with E-state index in [1.165, 1.54) is 23.9 Å². The van der Waals surface area contributed by atoms with Crippen LogP contribution < -0.4 is 11.1 Å². The summed E-state index contributed by atoms with van der Waals surface area (Å²) in [6.45, 7) is 0. The van der Waals surface area contributed by atoms with E-state index < -0.39 is 4.92 Å². The molecular formula is C14H13N3O3S. The van der Waals surface area contributed by atoms with Crippen molar-refractivity contribution in [3.8, 4) is 0 Å². The van der Waals surface area contributed by atoms with Crippen molar-refractivity contribution in [1.82, 2.24) is 0 Å². The molecule has 0 saturated heterocycles. The predicted molar refractivity (Wildman–Crippen MR) is 83.3 cm³/mol. The molecular weight excluding hydrogens is 290 g/mol. The van der Waals surface area contributed by atoms with Gasteiger partial charge in [0.05, 0.1) is 10.7 Å². The van der Waals surface area contributed by atoms with Crippen LogP contribution in [-0.2, 0) is 4.79 Å². The SMILES string of the molecule is Nc1ccc(SCC(=O)Nc2ccccc2[N+](=O)[O-])cc1. The van der Waals surface area contributed by atoms with Crippen LogP contribution in [0.2, 0.25) is 0 Å². The fourth-order valence-corrected chi connectivity index (χ4v) is 2.34. The topological polar surface area (TPSA) is 98.3 Å². The first-order valence-electron chi connectivity index (χ1n) is 6.08. The number of nitrogens with one attached hydrogen (secondary N) is 1. The summed E-state index contributed by atoms with van der Waals surface area (Å²) in [4.78, 5) is 23.1. The summed E-state index contributed by atoms with van der Waals surface area (Å²) in [5.74, 6) is -0.137. The van der Waals surface area contributed by atoms with Gasteiger partial charge in [0, 0.05) is 16.6 Å². The van der Waals surface area contributed by atoms with E-state index in [1.54, 1.807) is 24.3 Å². The monoisotopic (exact) mass is 303 g/mol. The van der Waals surface area contributed by atoms with Crippen LogP contribution in [0.5, 0.6) is 0 Å². The highest BCUT2D eigenvalue weighted by Crippen LogP contribution is 2.24. The summed E-state index contributed by atoms with van der Waals surface area (Å²) in [7, 11) is 0. The molecule has 2 aromatic carbocycles. The van der Waals surface area contributed by atoms with Crippen molar-refractivity contribution >= 4 is 34.7 Å². The van der Waals surface area contributed by atoms with Crippen molar-refractivity contribution in [1.29, 1.82) is 0 Å². The zero-order valence-electron chi connectivity index (χ0n) is 11.0. The number of nitrogens with zero attached hydrogens (tertiary/aromatic N) is 1. The first-order valence-corrected chi connectivity index (χ1v) is 7.06. The minimum Gasteiger partial charge on any atom is -0.399 e. The van der Waals surface area contributed by atoms with E-state index in [4.69, 9.17) is 5.73 Å². The molecule has 7 heteroatoms. The molecule has 3 N–H and O–H groups in total. The Bertz CT molecular complexity index is 659. The Balaban J connectivity index is 1.96. The van der Waals surface area contributed by atoms with E-state index in [2.05, 4.69) is 5.32 Å². The number of hydrogen-bond donors (Lipinski definition) is 2. The number of carbonyl (C=O) groups is 1. The molecule has 0 spiro atoms. The average molecular weight is 303 g/mol. The Labute approximate surface area is 125 Å². The first kappa shape index (κ1) is 14.9. The first-order chi connectivity index (χ1) is 10.1. The number of nitrogens with two attached hydrogens (primary N) is 1. The number of rotatable bonds is 5. The van der Waals surface area contributed by atoms with Gasteiger partial charge in [-0.1, -0.05) is 12.1 Å². The lowest BCUT2D eigenvalue weighted by Gasteiger charge is -2.06. The van der Waals surface area contributed by atoms with Gasteiger partial charge in [-0.05, 0) is 30.3 Å². The predicted octanol–water partition coefficient (Wildman–Crippen LogP) is 2.91. The van der Waals surface area contributed by atoms with Gasteiger partial charge < -0.3 is 11.1 Å². The van der Waals surface area contributed by atoms with Crippen LogP contribution in [0.4, 0.5) is 17.1 Å². The van der Waals surface area contributed by atoms with Crippen LogP contribution in [-0.4, -0.2) is 16.6 Å². The molecule has 2 aromatic rings. The van der Waals surface area contributed by atoms with Gasteiger partial charge in [-0.2, -0.15) is 0 Å². The number of para-hydroxylation sites is 2. The van der Waals surface area contributed by atoms with Crippen LogP contribution >= 0.6 is 11.8 Å². The minimum atomic E-state index is -0.525. The van der Waals surface area contributed by atoms with Gasteiger partial charge in [0.25, 0.3) is 5.69 Å². The van der Waals surface area contributed by atoms with Crippen molar-refractivity contribution in [2.45, 2.75) is 4.90 Å². The van der Waals surface area contributed by atoms with E-state index in [9.17, 15) is 14.9 Å². The summed E-state index contributed by atoms with van der Waals surface area (Å²) in [6, 6.07) is 13.2. The van der Waals surface area contributed by atoms with Crippen molar-refractivity contribution in [3.05, 3.63) is 58.6 Å². The Kier molecular flexibility index (Phi) is 4.78. The highest BCUT2D eigenvalue weighted by Gasteiger charge is 2.14. The third-order valence-electron chi connectivity index (χ3n) is 2.62. The Hall–Kier alpha value is -2.54. The lowest BCUT2D eigenvalue weighted by atomic mass is 10.2. The second kappa shape index (κ2) is 6.76. The van der Waals surface area contributed by atoms with E-state index in [-0.39, 0.29) is 23.0 Å². The van der Waals surface area contributed by atoms with Gasteiger partial charge in [0.2, 0.25) is 5.91 Å². The van der Waals surface area contributed by atoms with E-state index >= 15 is 0 Å². The molecule has 21 heavy (non-hydrogen) atoms. The number of carbonyl (C=O) groups excluding carboxylic acids is 1. The molecule has 0 radical (unpaired) electrons. The molecule has 0 aliphatic carbocycles. The van der Waals surface area contributed by atoms with Crippen LogP contribution in [0, 0.1) is 10.1 Å². The molecule has 0 aromatic heterocycles. The van der Waals surface area contributed by atoms with Gasteiger partial charge in [-0.15, -0.1) is 11.8 Å². The number of thioether (sulfide) groups is 1. The Morgan fingerprint density at radius 1 is 1.19 bits per heavy atom. The van der Waals surface area contributed by atoms with Gasteiger partial charge in [0.1, 0.15) is 5.69 Å². The molecule has 1 amide bonds. The number of amides is 1. The minimum absolute atomic E-state index is 0.122. The number of nitrogen functional groups attached to an aromatic ring is 1. The summed E-state index contributed by atoms with van der Waals surface area (Å²) < 4.78 is 0. The molecule has 0 aliphatic heterocycles. The molecule has 0 bridgehead atoms. The highest BCUT2D eigenvalue weighted by molar-refractivity contribution is 8.00. The van der Waals surface area contributed by atoms with Gasteiger partial charge in [0.15, 0.2) is 0 Å². The summed E-state index contributed by atoms with van der Waals surface area (Å²) in [5.41, 5.74) is 6.31. The summed E-state index contributed by atoms with van der Waals surface area (Å²) in [6.07, 6.45) is 0. The third-order valence-corrected chi connectivity index (χ3v) is 3.64. The van der Waals surface area contributed by atoms with Crippen molar-refractivity contribution in [2.24, 2.45) is 0 Å². The molecule has 2 rings (SSSR count). The van der Waals surface area contributed by atoms with Crippen molar-refractivity contribution in [3.63, 3.8) is 0 Å². The lowest BCUT2D eigenvalue weighted by molar-refractivity contribution is -0.383. The Morgan fingerprint density at radius 2 is 1.86 bits per heavy atom. The molecule has 6 nitrogen and oxygen atoms in total.